The Morgan fingerprint density at radius 1 is 0.970 bits per heavy atom. The Bertz CT molecular complexity index is 784. The van der Waals surface area contributed by atoms with Gasteiger partial charge in [0.05, 0.1) is 6.61 Å². The van der Waals surface area contributed by atoms with E-state index in [0.717, 1.165) is 76.0 Å². The van der Waals surface area contributed by atoms with E-state index in [-0.39, 0.29) is 18.1 Å². The fourth-order valence-corrected chi connectivity index (χ4v) is 5.64. The molecule has 33 heavy (non-hydrogen) atoms. The van der Waals surface area contributed by atoms with Crippen molar-refractivity contribution < 1.29 is 19.1 Å². The smallest absolute Gasteiger partial charge is 0.323 e. The number of esters is 1. The first-order chi connectivity index (χ1) is 16.1. The molecule has 4 rings (SSSR count). The third-order valence-electron chi connectivity index (χ3n) is 7.49. The minimum absolute atomic E-state index is 0.0983. The maximum absolute atomic E-state index is 12.6. The quantitative estimate of drug-likeness (QED) is 0.537. The zero-order valence-corrected chi connectivity index (χ0v) is 20.2. The van der Waals surface area contributed by atoms with Crippen LogP contribution in [0.25, 0.3) is 0 Å². The predicted octanol–water partition coefficient (Wildman–Crippen LogP) is 4.55. The van der Waals surface area contributed by atoms with E-state index in [1.54, 1.807) is 0 Å². The molecule has 2 heterocycles. The third-order valence-corrected chi connectivity index (χ3v) is 7.49. The Balaban J connectivity index is 1.27. The Morgan fingerprint density at radius 3 is 2.48 bits per heavy atom. The summed E-state index contributed by atoms with van der Waals surface area (Å²) in [5.41, 5.74) is 1.16. The molecule has 1 aliphatic carbocycles. The molecule has 3 aliphatic rings. The molecule has 2 aliphatic heterocycles. The standard InChI is InChI=1S/C27H40N2O4/c1-2-32-27(31)25-12-5-6-15-29(25)20-22-10-7-11-24(18-22)33-23-13-16-28(17-14-23)26(30)19-21-8-3-4-9-21/h7,10-11,18,21,23,25H,2-6,8-9,12-17,19-20H2,1H3/t25-/m1/s1. The maximum atomic E-state index is 12.6. The number of ether oxygens (including phenoxy) is 2. The van der Waals surface area contributed by atoms with Crippen LogP contribution in [0.15, 0.2) is 24.3 Å². The van der Waals surface area contributed by atoms with Gasteiger partial charge in [-0.25, -0.2) is 0 Å². The van der Waals surface area contributed by atoms with Gasteiger partial charge in [-0.05, 0) is 62.8 Å². The third kappa shape index (κ3) is 6.72. The summed E-state index contributed by atoms with van der Waals surface area (Å²) in [6.07, 6.45) is 10.7. The van der Waals surface area contributed by atoms with Crippen molar-refractivity contribution in [3.8, 4) is 5.75 Å². The Labute approximate surface area is 198 Å². The predicted molar refractivity (Wildman–Crippen MR) is 128 cm³/mol. The van der Waals surface area contributed by atoms with Gasteiger partial charge in [-0.15, -0.1) is 0 Å². The molecule has 6 nitrogen and oxygen atoms in total. The molecule has 1 saturated carbocycles. The van der Waals surface area contributed by atoms with Gasteiger partial charge in [0.25, 0.3) is 0 Å². The van der Waals surface area contributed by atoms with E-state index in [9.17, 15) is 9.59 Å². The molecule has 1 amide bonds. The Morgan fingerprint density at radius 2 is 1.73 bits per heavy atom. The van der Waals surface area contributed by atoms with Crippen molar-refractivity contribution in [2.75, 3.05) is 26.2 Å². The summed E-state index contributed by atoms with van der Waals surface area (Å²) in [6.45, 7) is 5.53. The summed E-state index contributed by atoms with van der Waals surface area (Å²) in [5, 5.41) is 0. The zero-order valence-electron chi connectivity index (χ0n) is 20.2. The Kier molecular flexibility index (Phi) is 8.65. The molecule has 0 aromatic heterocycles. The molecule has 0 spiro atoms. The van der Waals surface area contributed by atoms with E-state index in [0.29, 0.717) is 18.4 Å². The average Bonchev–Trinajstić information content (AvgIpc) is 3.33. The molecule has 0 N–H and O–H groups in total. The second-order valence-electron chi connectivity index (χ2n) is 9.93. The minimum atomic E-state index is -0.144. The van der Waals surface area contributed by atoms with Crippen molar-refractivity contribution in [1.29, 1.82) is 0 Å². The molecular formula is C27H40N2O4. The van der Waals surface area contributed by atoms with Gasteiger partial charge in [0.1, 0.15) is 17.9 Å². The molecular weight excluding hydrogens is 416 g/mol. The zero-order chi connectivity index (χ0) is 23.0. The average molecular weight is 457 g/mol. The van der Waals surface area contributed by atoms with Crippen LogP contribution < -0.4 is 4.74 Å². The van der Waals surface area contributed by atoms with Crippen LogP contribution in [0.3, 0.4) is 0 Å². The van der Waals surface area contributed by atoms with Gasteiger partial charge in [-0.2, -0.15) is 0 Å². The van der Waals surface area contributed by atoms with Crippen molar-refractivity contribution in [1.82, 2.24) is 9.80 Å². The number of likely N-dealkylation sites (tertiary alicyclic amines) is 2. The van der Waals surface area contributed by atoms with E-state index < -0.39 is 0 Å². The van der Waals surface area contributed by atoms with E-state index in [1.165, 1.54) is 25.7 Å². The fraction of sp³-hybridized carbons (Fsp3) is 0.704. The maximum Gasteiger partial charge on any atom is 0.323 e. The highest BCUT2D eigenvalue weighted by Gasteiger charge is 2.30. The van der Waals surface area contributed by atoms with E-state index in [2.05, 4.69) is 17.0 Å². The number of carbonyl (C=O) groups excluding carboxylic acids is 2. The summed E-state index contributed by atoms with van der Waals surface area (Å²) in [6, 6.07) is 8.12. The number of piperidine rings is 2. The summed E-state index contributed by atoms with van der Waals surface area (Å²) < 4.78 is 11.6. The fourth-order valence-electron chi connectivity index (χ4n) is 5.64. The van der Waals surface area contributed by atoms with Crippen LogP contribution in [0.5, 0.6) is 5.75 Å². The molecule has 0 bridgehead atoms. The Hall–Kier alpha value is -2.08. The first-order valence-electron chi connectivity index (χ1n) is 13.1. The first-order valence-corrected chi connectivity index (χ1v) is 13.1. The van der Waals surface area contributed by atoms with E-state index >= 15 is 0 Å². The van der Waals surface area contributed by atoms with Gasteiger partial charge in [-0.3, -0.25) is 14.5 Å². The van der Waals surface area contributed by atoms with Crippen LogP contribution in [-0.2, 0) is 20.9 Å². The molecule has 182 valence electrons. The lowest BCUT2D eigenvalue weighted by Gasteiger charge is -2.34. The SMILES string of the molecule is CCOC(=O)[C@H]1CCCCN1Cc1cccc(OC2CCN(C(=O)CC3CCCC3)CC2)c1. The van der Waals surface area contributed by atoms with Crippen molar-refractivity contribution in [3.05, 3.63) is 29.8 Å². The second kappa shape index (κ2) is 11.9. The highest BCUT2D eigenvalue weighted by atomic mass is 16.5. The summed E-state index contributed by atoms with van der Waals surface area (Å²) in [4.78, 5) is 29.3. The molecule has 2 saturated heterocycles. The first kappa shape index (κ1) is 24.1. The highest BCUT2D eigenvalue weighted by molar-refractivity contribution is 5.76. The summed E-state index contributed by atoms with van der Waals surface area (Å²) in [7, 11) is 0. The van der Waals surface area contributed by atoms with Crippen LogP contribution in [-0.4, -0.2) is 60.1 Å². The lowest BCUT2D eigenvalue weighted by Crippen LogP contribution is -2.44. The molecule has 0 unspecified atom stereocenters. The van der Waals surface area contributed by atoms with Crippen molar-refractivity contribution in [2.45, 2.75) is 89.8 Å². The molecule has 1 atom stereocenters. The largest absolute Gasteiger partial charge is 0.490 e. The number of amides is 1. The van der Waals surface area contributed by atoms with Gasteiger partial charge < -0.3 is 14.4 Å². The lowest BCUT2D eigenvalue weighted by molar-refractivity contribution is -0.151. The van der Waals surface area contributed by atoms with Gasteiger partial charge >= 0.3 is 5.97 Å². The van der Waals surface area contributed by atoms with Crippen molar-refractivity contribution >= 4 is 11.9 Å². The molecule has 1 aromatic rings. The molecule has 6 heteroatoms. The van der Waals surface area contributed by atoms with Gasteiger partial charge in [-0.1, -0.05) is 31.4 Å². The van der Waals surface area contributed by atoms with Crippen molar-refractivity contribution in [2.24, 2.45) is 5.92 Å². The molecule has 1 aromatic carbocycles. The molecule has 3 fully saturated rings. The van der Waals surface area contributed by atoms with Crippen LogP contribution in [0.1, 0.15) is 76.7 Å². The normalized spacial score (nSPS) is 22.9. The number of hydrogen-bond donors (Lipinski definition) is 0. The summed E-state index contributed by atoms with van der Waals surface area (Å²) >= 11 is 0. The summed E-state index contributed by atoms with van der Waals surface area (Å²) in [5.74, 6) is 1.73. The van der Waals surface area contributed by atoms with Crippen LogP contribution in [0, 0.1) is 5.92 Å². The number of benzene rings is 1. The van der Waals surface area contributed by atoms with Crippen molar-refractivity contribution in [3.63, 3.8) is 0 Å². The lowest BCUT2D eigenvalue weighted by atomic mass is 10.0. The van der Waals surface area contributed by atoms with Crippen LogP contribution in [0.4, 0.5) is 0 Å². The number of hydrogen-bond acceptors (Lipinski definition) is 5. The van der Waals surface area contributed by atoms with Gasteiger partial charge in [0.2, 0.25) is 5.91 Å². The number of nitrogens with zero attached hydrogens (tertiary/aromatic N) is 2. The topological polar surface area (TPSA) is 59.1 Å². The second-order valence-corrected chi connectivity index (χ2v) is 9.93. The van der Waals surface area contributed by atoms with Crippen LogP contribution in [0.2, 0.25) is 0 Å². The molecule has 0 radical (unpaired) electrons. The van der Waals surface area contributed by atoms with Gasteiger partial charge in [0.15, 0.2) is 0 Å². The van der Waals surface area contributed by atoms with E-state index in [4.69, 9.17) is 9.47 Å². The minimum Gasteiger partial charge on any atom is -0.490 e. The highest BCUT2D eigenvalue weighted by Crippen LogP contribution is 2.29. The van der Waals surface area contributed by atoms with E-state index in [1.807, 2.05) is 24.0 Å². The van der Waals surface area contributed by atoms with Crippen LogP contribution >= 0.6 is 0 Å². The monoisotopic (exact) mass is 456 g/mol. The number of carbonyl (C=O) groups is 2. The number of rotatable bonds is 8. The van der Waals surface area contributed by atoms with Gasteiger partial charge in [0, 0.05) is 38.9 Å².